The molecule has 0 radical (unpaired) electrons. The number of para-hydroxylation sites is 1. The average Bonchev–Trinajstić information content (AvgIpc) is 2.73. The van der Waals surface area contributed by atoms with Crippen molar-refractivity contribution in [3.63, 3.8) is 0 Å². The lowest BCUT2D eigenvalue weighted by Crippen LogP contribution is -2.50. The van der Waals surface area contributed by atoms with Crippen molar-refractivity contribution in [2.75, 3.05) is 50.6 Å². The van der Waals surface area contributed by atoms with Crippen LogP contribution in [-0.4, -0.2) is 57.3 Å². The third-order valence-electron chi connectivity index (χ3n) is 4.56. The van der Waals surface area contributed by atoms with Gasteiger partial charge in [0.2, 0.25) is 0 Å². The minimum atomic E-state index is -0.478. The number of ether oxygens (including phenoxy) is 2. The molecule has 142 valence electrons. The zero-order valence-electron chi connectivity index (χ0n) is 15.5. The van der Waals surface area contributed by atoms with Crippen molar-refractivity contribution >= 4 is 23.4 Å². The van der Waals surface area contributed by atoms with E-state index in [-0.39, 0.29) is 6.03 Å². The van der Waals surface area contributed by atoms with Gasteiger partial charge in [-0.1, -0.05) is 18.2 Å². The van der Waals surface area contributed by atoms with E-state index in [9.17, 15) is 9.59 Å². The highest BCUT2D eigenvalue weighted by atomic mass is 16.5. The van der Waals surface area contributed by atoms with Crippen LogP contribution in [0, 0.1) is 0 Å². The summed E-state index contributed by atoms with van der Waals surface area (Å²) in [6, 6.07) is 14.5. The van der Waals surface area contributed by atoms with Crippen LogP contribution < -0.4 is 15.0 Å². The Morgan fingerprint density at radius 3 is 2.41 bits per heavy atom. The number of carbonyl (C=O) groups excluding carboxylic acids is 2. The largest absolute Gasteiger partial charge is 0.497 e. The molecule has 7 heteroatoms. The van der Waals surface area contributed by atoms with Gasteiger partial charge in [-0.05, 0) is 24.3 Å². The summed E-state index contributed by atoms with van der Waals surface area (Å²) in [5, 5.41) is 2.82. The molecule has 1 N–H and O–H groups in total. The number of nitrogens with zero attached hydrogens (tertiary/aromatic N) is 2. The number of piperazine rings is 1. The summed E-state index contributed by atoms with van der Waals surface area (Å²) in [6.07, 6.45) is 0. The molecule has 2 aromatic carbocycles. The first-order valence-electron chi connectivity index (χ1n) is 8.74. The molecule has 0 saturated carbocycles. The molecular formula is C20H23N3O4. The predicted molar refractivity (Wildman–Crippen MR) is 104 cm³/mol. The van der Waals surface area contributed by atoms with E-state index < -0.39 is 5.97 Å². The lowest BCUT2D eigenvalue weighted by atomic mass is 10.2. The molecule has 0 bridgehead atoms. The number of methoxy groups -OCH3 is 2. The molecule has 1 saturated heterocycles. The molecule has 2 amide bonds. The third kappa shape index (κ3) is 4.31. The van der Waals surface area contributed by atoms with E-state index in [1.807, 2.05) is 24.3 Å². The molecule has 3 rings (SSSR count). The number of anilines is 2. The molecular weight excluding hydrogens is 346 g/mol. The summed E-state index contributed by atoms with van der Waals surface area (Å²) in [5.41, 5.74) is 1.86. The number of hydrogen-bond acceptors (Lipinski definition) is 5. The van der Waals surface area contributed by atoms with E-state index in [0.717, 1.165) is 24.5 Å². The summed E-state index contributed by atoms with van der Waals surface area (Å²) in [5.74, 6) is 0.334. The fourth-order valence-electron chi connectivity index (χ4n) is 3.05. The second kappa shape index (κ2) is 8.44. The lowest BCUT2D eigenvalue weighted by Gasteiger charge is -2.36. The van der Waals surface area contributed by atoms with Gasteiger partial charge in [0.1, 0.15) is 5.75 Å². The van der Waals surface area contributed by atoms with Crippen molar-refractivity contribution in [3.8, 4) is 5.75 Å². The standard InChI is InChI=1S/C20H23N3O4/c1-26-16-7-5-6-15(14-16)22-10-12-23(13-11-22)20(25)21-18-9-4-3-8-17(18)19(24)27-2/h3-9,14H,10-13H2,1-2H3,(H,21,25). The second-order valence-corrected chi connectivity index (χ2v) is 6.14. The van der Waals surface area contributed by atoms with Crippen LogP contribution in [0.15, 0.2) is 48.5 Å². The molecule has 0 unspecified atom stereocenters. The number of esters is 1. The van der Waals surface area contributed by atoms with Gasteiger partial charge in [0.05, 0.1) is 25.5 Å². The van der Waals surface area contributed by atoms with Gasteiger partial charge in [0, 0.05) is 37.9 Å². The number of urea groups is 1. The Kier molecular flexibility index (Phi) is 5.80. The van der Waals surface area contributed by atoms with E-state index in [0.29, 0.717) is 24.3 Å². The Balaban J connectivity index is 1.61. The number of nitrogens with one attached hydrogen (secondary N) is 1. The highest BCUT2D eigenvalue weighted by Gasteiger charge is 2.23. The monoisotopic (exact) mass is 369 g/mol. The van der Waals surface area contributed by atoms with E-state index in [1.165, 1.54) is 7.11 Å². The zero-order valence-corrected chi connectivity index (χ0v) is 15.5. The van der Waals surface area contributed by atoms with Crippen LogP contribution in [0.5, 0.6) is 5.75 Å². The van der Waals surface area contributed by atoms with E-state index >= 15 is 0 Å². The highest BCUT2D eigenvalue weighted by molar-refractivity contribution is 6.00. The topological polar surface area (TPSA) is 71.1 Å². The van der Waals surface area contributed by atoms with Crippen LogP contribution in [-0.2, 0) is 4.74 Å². The Morgan fingerprint density at radius 2 is 1.70 bits per heavy atom. The van der Waals surface area contributed by atoms with Gasteiger partial charge in [-0.2, -0.15) is 0 Å². The van der Waals surface area contributed by atoms with Crippen LogP contribution >= 0.6 is 0 Å². The molecule has 7 nitrogen and oxygen atoms in total. The van der Waals surface area contributed by atoms with Gasteiger partial charge in [0.25, 0.3) is 0 Å². The smallest absolute Gasteiger partial charge is 0.339 e. The first-order valence-corrected chi connectivity index (χ1v) is 8.74. The van der Waals surface area contributed by atoms with Gasteiger partial charge < -0.3 is 24.6 Å². The van der Waals surface area contributed by atoms with E-state index in [1.54, 1.807) is 36.3 Å². The molecule has 2 aromatic rings. The van der Waals surface area contributed by atoms with Crippen molar-refractivity contribution < 1.29 is 19.1 Å². The van der Waals surface area contributed by atoms with Crippen LogP contribution in [0.1, 0.15) is 10.4 Å². The van der Waals surface area contributed by atoms with Crippen LogP contribution in [0.2, 0.25) is 0 Å². The number of amides is 2. The third-order valence-corrected chi connectivity index (χ3v) is 4.56. The number of hydrogen-bond donors (Lipinski definition) is 1. The summed E-state index contributed by atoms with van der Waals surface area (Å²) in [6.45, 7) is 2.62. The highest BCUT2D eigenvalue weighted by Crippen LogP contribution is 2.22. The molecule has 1 aliphatic heterocycles. The number of carbonyl (C=O) groups is 2. The zero-order chi connectivity index (χ0) is 19.2. The summed E-state index contributed by atoms with van der Waals surface area (Å²) >= 11 is 0. The Morgan fingerprint density at radius 1 is 0.963 bits per heavy atom. The first-order chi connectivity index (χ1) is 13.1. The van der Waals surface area contributed by atoms with Crippen molar-refractivity contribution in [2.45, 2.75) is 0 Å². The van der Waals surface area contributed by atoms with Crippen LogP contribution in [0.25, 0.3) is 0 Å². The molecule has 27 heavy (non-hydrogen) atoms. The fourth-order valence-corrected chi connectivity index (χ4v) is 3.05. The molecule has 0 aliphatic carbocycles. The maximum atomic E-state index is 12.6. The number of rotatable bonds is 4. The quantitative estimate of drug-likeness (QED) is 0.839. The molecule has 0 aromatic heterocycles. The van der Waals surface area contributed by atoms with Crippen LogP contribution in [0.3, 0.4) is 0 Å². The van der Waals surface area contributed by atoms with Crippen LogP contribution in [0.4, 0.5) is 16.2 Å². The maximum absolute atomic E-state index is 12.6. The molecule has 0 atom stereocenters. The summed E-state index contributed by atoms with van der Waals surface area (Å²) in [4.78, 5) is 28.4. The van der Waals surface area contributed by atoms with Crippen molar-refractivity contribution in [2.24, 2.45) is 0 Å². The molecule has 0 spiro atoms. The Labute approximate surface area is 158 Å². The second-order valence-electron chi connectivity index (χ2n) is 6.14. The summed E-state index contributed by atoms with van der Waals surface area (Å²) < 4.78 is 10.0. The number of benzene rings is 2. The summed E-state index contributed by atoms with van der Waals surface area (Å²) in [7, 11) is 2.96. The fraction of sp³-hybridized carbons (Fsp3) is 0.300. The van der Waals surface area contributed by atoms with Gasteiger partial charge in [0.15, 0.2) is 0 Å². The average molecular weight is 369 g/mol. The molecule has 1 aliphatic rings. The lowest BCUT2D eigenvalue weighted by molar-refractivity contribution is 0.0602. The Hall–Kier alpha value is -3.22. The van der Waals surface area contributed by atoms with Gasteiger partial charge >= 0.3 is 12.0 Å². The SMILES string of the molecule is COC(=O)c1ccccc1NC(=O)N1CCN(c2cccc(OC)c2)CC1. The maximum Gasteiger partial charge on any atom is 0.339 e. The first kappa shape index (κ1) is 18.6. The van der Waals surface area contributed by atoms with E-state index in [4.69, 9.17) is 9.47 Å². The normalized spacial score (nSPS) is 13.9. The predicted octanol–water partition coefficient (Wildman–Crippen LogP) is 2.84. The van der Waals surface area contributed by atoms with Crippen molar-refractivity contribution in [1.82, 2.24) is 4.90 Å². The van der Waals surface area contributed by atoms with E-state index in [2.05, 4.69) is 10.2 Å². The van der Waals surface area contributed by atoms with Crippen molar-refractivity contribution in [3.05, 3.63) is 54.1 Å². The van der Waals surface area contributed by atoms with Gasteiger partial charge in [-0.15, -0.1) is 0 Å². The Bertz CT molecular complexity index is 816. The van der Waals surface area contributed by atoms with Gasteiger partial charge in [-0.25, -0.2) is 9.59 Å². The minimum absolute atomic E-state index is 0.225. The minimum Gasteiger partial charge on any atom is -0.497 e. The van der Waals surface area contributed by atoms with Gasteiger partial charge in [-0.3, -0.25) is 0 Å². The molecule has 1 heterocycles. The molecule has 1 fully saturated rings. The van der Waals surface area contributed by atoms with Crippen molar-refractivity contribution in [1.29, 1.82) is 0 Å².